The second-order valence-electron chi connectivity index (χ2n) is 3.55. The van der Waals surface area contributed by atoms with Crippen molar-refractivity contribution in [1.82, 2.24) is 5.32 Å². The third kappa shape index (κ3) is 3.11. The lowest BCUT2D eigenvalue weighted by atomic mass is 10.1. The van der Waals surface area contributed by atoms with Crippen LogP contribution in [0.15, 0.2) is 24.3 Å². The molecule has 0 saturated heterocycles. The molecule has 0 heterocycles. The van der Waals surface area contributed by atoms with Gasteiger partial charge in [-0.1, -0.05) is 30.7 Å². The van der Waals surface area contributed by atoms with E-state index in [-0.39, 0.29) is 5.91 Å². The van der Waals surface area contributed by atoms with Gasteiger partial charge in [0.15, 0.2) is 0 Å². The van der Waals surface area contributed by atoms with Gasteiger partial charge < -0.3 is 5.32 Å². The van der Waals surface area contributed by atoms with Gasteiger partial charge in [-0.2, -0.15) is 0 Å². The van der Waals surface area contributed by atoms with Crippen molar-refractivity contribution in [1.29, 1.82) is 0 Å². The summed E-state index contributed by atoms with van der Waals surface area (Å²) in [4.78, 5) is 11.1. The van der Waals surface area contributed by atoms with E-state index in [1.807, 2.05) is 31.2 Å². The first-order valence-electron chi connectivity index (χ1n) is 5.31. The van der Waals surface area contributed by atoms with Gasteiger partial charge in [0.1, 0.15) is 0 Å². The molecule has 0 aromatic heterocycles. The van der Waals surface area contributed by atoms with E-state index in [2.05, 4.69) is 12.2 Å². The maximum atomic E-state index is 11.1. The van der Waals surface area contributed by atoms with E-state index < -0.39 is 0 Å². The van der Waals surface area contributed by atoms with Gasteiger partial charge in [0, 0.05) is 23.2 Å². The number of benzene rings is 1. The molecule has 0 aliphatic rings. The van der Waals surface area contributed by atoms with Crippen LogP contribution in [0, 0.1) is 0 Å². The number of rotatable bonds is 3. The number of amides is 1. The molecule has 2 nitrogen and oxygen atoms in total. The predicted molar refractivity (Wildman–Crippen MR) is 68.3 cm³/mol. The number of aryl methyl sites for hydroxylation is 1. The Bertz CT molecular complexity index is 424. The quantitative estimate of drug-likeness (QED) is 0.858. The van der Waals surface area contributed by atoms with Crippen LogP contribution in [0.4, 0.5) is 0 Å². The average molecular weight is 238 g/mol. The topological polar surface area (TPSA) is 29.1 Å². The number of hydrogen-bond donors (Lipinski definition) is 1. The van der Waals surface area contributed by atoms with Crippen LogP contribution in [-0.2, 0) is 11.2 Å². The number of carbonyl (C=O) groups excluding carboxylic acids is 1. The molecule has 1 aromatic carbocycles. The Balaban J connectivity index is 3.13. The predicted octanol–water partition coefficient (Wildman–Crippen LogP) is 3.40. The first kappa shape index (κ1) is 12.8. The van der Waals surface area contributed by atoms with Gasteiger partial charge in [0.05, 0.1) is 0 Å². The molecule has 0 unspecified atom stereocenters. The Kier molecular flexibility index (Phi) is 4.56. The van der Waals surface area contributed by atoms with Crippen molar-refractivity contribution in [2.75, 3.05) is 0 Å². The SMILES string of the molecule is C/C=C(/NC(C)=O)c1cc(CC)ccc1Cl. The first-order chi connectivity index (χ1) is 7.58. The summed E-state index contributed by atoms with van der Waals surface area (Å²) in [5.41, 5.74) is 2.83. The Morgan fingerprint density at radius 2 is 2.19 bits per heavy atom. The molecule has 0 atom stereocenters. The second-order valence-corrected chi connectivity index (χ2v) is 3.96. The zero-order valence-corrected chi connectivity index (χ0v) is 10.6. The molecular formula is C13H16ClNO. The summed E-state index contributed by atoms with van der Waals surface area (Å²) in [7, 11) is 0. The van der Waals surface area contributed by atoms with E-state index in [9.17, 15) is 4.79 Å². The normalized spacial score (nSPS) is 11.4. The van der Waals surface area contributed by atoms with Crippen LogP contribution in [0.3, 0.4) is 0 Å². The third-order valence-electron chi connectivity index (χ3n) is 2.33. The molecule has 1 aromatic rings. The molecule has 1 rings (SSSR count). The van der Waals surface area contributed by atoms with Crippen LogP contribution < -0.4 is 5.32 Å². The standard InChI is InChI=1S/C13H16ClNO/c1-4-10-6-7-12(14)11(8-10)13(5-2)15-9(3)16/h5-8H,4H2,1-3H3,(H,15,16)/b13-5+. The van der Waals surface area contributed by atoms with Gasteiger partial charge in [-0.15, -0.1) is 0 Å². The van der Waals surface area contributed by atoms with Gasteiger partial charge >= 0.3 is 0 Å². The summed E-state index contributed by atoms with van der Waals surface area (Å²) in [5, 5.41) is 3.43. The van der Waals surface area contributed by atoms with E-state index in [0.717, 1.165) is 17.7 Å². The number of nitrogens with one attached hydrogen (secondary N) is 1. The average Bonchev–Trinajstić information content (AvgIpc) is 2.26. The van der Waals surface area contributed by atoms with E-state index in [1.54, 1.807) is 0 Å². The number of halogens is 1. The fourth-order valence-electron chi connectivity index (χ4n) is 1.48. The van der Waals surface area contributed by atoms with Crippen molar-refractivity contribution < 1.29 is 4.79 Å². The maximum absolute atomic E-state index is 11.1. The zero-order valence-electron chi connectivity index (χ0n) is 9.80. The summed E-state index contributed by atoms with van der Waals surface area (Å²) in [6, 6.07) is 5.86. The molecule has 86 valence electrons. The van der Waals surface area contributed by atoms with Crippen LogP contribution >= 0.6 is 11.6 Å². The molecule has 1 N–H and O–H groups in total. The van der Waals surface area contributed by atoms with Crippen molar-refractivity contribution in [2.45, 2.75) is 27.2 Å². The second kappa shape index (κ2) is 5.71. The van der Waals surface area contributed by atoms with Crippen molar-refractivity contribution >= 4 is 23.2 Å². The van der Waals surface area contributed by atoms with Crippen molar-refractivity contribution in [3.05, 3.63) is 40.4 Å². The molecule has 0 bridgehead atoms. The van der Waals surface area contributed by atoms with Crippen LogP contribution in [0.1, 0.15) is 31.9 Å². The van der Waals surface area contributed by atoms with Gasteiger partial charge in [-0.05, 0) is 31.0 Å². The van der Waals surface area contributed by atoms with E-state index in [4.69, 9.17) is 11.6 Å². The monoisotopic (exact) mass is 237 g/mol. The van der Waals surface area contributed by atoms with E-state index in [0.29, 0.717) is 5.02 Å². The zero-order chi connectivity index (χ0) is 12.1. The molecule has 16 heavy (non-hydrogen) atoms. The van der Waals surface area contributed by atoms with E-state index >= 15 is 0 Å². The highest BCUT2D eigenvalue weighted by atomic mass is 35.5. The summed E-state index contributed by atoms with van der Waals surface area (Å²) < 4.78 is 0. The van der Waals surface area contributed by atoms with Crippen molar-refractivity contribution in [3.8, 4) is 0 Å². The lowest BCUT2D eigenvalue weighted by Crippen LogP contribution is -2.18. The van der Waals surface area contributed by atoms with Crippen molar-refractivity contribution in [3.63, 3.8) is 0 Å². The molecular weight excluding hydrogens is 222 g/mol. The molecule has 0 radical (unpaired) electrons. The molecule has 0 fully saturated rings. The fraction of sp³-hybridized carbons (Fsp3) is 0.308. The Morgan fingerprint density at radius 1 is 1.50 bits per heavy atom. The Morgan fingerprint density at radius 3 is 2.69 bits per heavy atom. The number of hydrogen-bond acceptors (Lipinski definition) is 1. The van der Waals surface area contributed by atoms with Gasteiger partial charge in [0.25, 0.3) is 0 Å². The highest BCUT2D eigenvalue weighted by molar-refractivity contribution is 6.32. The Hall–Kier alpha value is -1.28. The Labute approximate surface area is 101 Å². The molecule has 1 amide bonds. The number of carbonyl (C=O) groups is 1. The van der Waals surface area contributed by atoms with Crippen LogP contribution in [0.2, 0.25) is 5.02 Å². The van der Waals surface area contributed by atoms with Crippen molar-refractivity contribution in [2.24, 2.45) is 0 Å². The lowest BCUT2D eigenvalue weighted by molar-refractivity contribution is -0.117. The largest absolute Gasteiger partial charge is 0.326 e. The molecule has 0 aliphatic heterocycles. The minimum atomic E-state index is -0.0916. The van der Waals surface area contributed by atoms with Crippen LogP contribution in [0.25, 0.3) is 5.70 Å². The minimum Gasteiger partial charge on any atom is -0.326 e. The smallest absolute Gasteiger partial charge is 0.221 e. The molecule has 3 heteroatoms. The third-order valence-corrected chi connectivity index (χ3v) is 2.66. The van der Waals surface area contributed by atoms with E-state index in [1.165, 1.54) is 12.5 Å². The lowest BCUT2D eigenvalue weighted by Gasteiger charge is -2.11. The van der Waals surface area contributed by atoms with Crippen LogP contribution in [-0.4, -0.2) is 5.91 Å². The maximum Gasteiger partial charge on any atom is 0.221 e. The first-order valence-corrected chi connectivity index (χ1v) is 5.69. The molecule has 0 saturated carbocycles. The molecule has 0 spiro atoms. The summed E-state index contributed by atoms with van der Waals surface area (Å²) in [6.07, 6.45) is 2.79. The summed E-state index contributed by atoms with van der Waals surface area (Å²) >= 11 is 6.12. The highest BCUT2D eigenvalue weighted by Gasteiger charge is 2.07. The van der Waals surface area contributed by atoms with Gasteiger partial charge in [-0.3, -0.25) is 4.79 Å². The summed E-state index contributed by atoms with van der Waals surface area (Å²) in [5.74, 6) is -0.0916. The summed E-state index contributed by atoms with van der Waals surface area (Å²) in [6.45, 7) is 5.45. The van der Waals surface area contributed by atoms with Crippen LogP contribution in [0.5, 0.6) is 0 Å². The minimum absolute atomic E-state index is 0.0916. The number of allylic oxidation sites excluding steroid dienone is 1. The van der Waals surface area contributed by atoms with Gasteiger partial charge in [-0.25, -0.2) is 0 Å². The molecule has 0 aliphatic carbocycles. The van der Waals surface area contributed by atoms with Gasteiger partial charge in [0.2, 0.25) is 5.91 Å². The highest BCUT2D eigenvalue weighted by Crippen LogP contribution is 2.23. The fourth-order valence-corrected chi connectivity index (χ4v) is 1.70.